The summed E-state index contributed by atoms with van der Waals surface area (Å²) < 4.78 is 23.0. The molecule has 4 nitrogen and oxygen atoms in total. The maximum atomic E-state index is 6.11. The van der Waals surface area contributed by atoms with E-state index in [1.54, 1.807) is 0 Å². The molecular weight excluding hydrogens is 267 g/mol. The monoisotopic (exact) mass is 290 g/mol. The lowest BCUT2D eigenvalue weighted by atomic mass is 9.70. The van der Waals surface area contributed by atoms with Gasteiger partial charge in [-0.3, -0.25) is 0 Å². The molecule has 2 aliphatic heterocycles. The predicted octanol–water partition coefficient (Wildman–Crippen LogP) is 3.44. The Balaban J connectivity index is 1.69. The summed E-state index contributed by atoms with van der Waals surface area (Å²) in [6, 6.07) is 6.09. The number of ether oxygens (including phenoxy) is 2. The fraction of sp³-hybridized carbons (Fsp3) is 0.625. The summed E-state index contributed by atoms with van der Waals surface area (Å²) in [4.78, 5) is 0. The van der Waals surface area contributed by atoms with Gasteiger partial charge in [-0.2, -0.15) is 0 Å². The van der Waals surface area contributed by atoms with E-state index in [-0.39, 0.29) is 24.1 Å². The summed E-state index contributed by atoms with van der Waals surface area (Å²) in [5, 5.41) is 0. The van der Waals surface area contributed by atoms with Gasteiger partial charge in [0.2, 0.25) is 6.79 Å². The van der Waals surface area contributed by atoms with E-state index in [1.165, 1.54) is 5.56 Å². The predicted molar refractivity (Wildman–Crippen MR) is 81.8 cm³/mol. The lowest BCUT2D eigenvalue weighted by molar-refractivity contribution is 0.00578. The first-order valence-corrected chi connectivity index (χ1v) is 7.53. The van der Waals surface area contributed by atoms with Crippen LogP contribution < -0.4 is 9.47 Å². The Morgan fingerprint density at radius 3 is 2.33 bits per heavy atom. The van der Waals surface area contributed by atoms with Gasteiger partial charge in [0.15, 0.2) is 11.5 Å². The van der Waals surface area contributed by atoms with Crippen LogP contribution in [0.3, 0.4) is 0 Å². The van der Waals surface area contributed by atoms with E-state index in [1.807, 2.05) is 12.1 Å². The van der Waals surface area contributed by atoms with Crippen molar-refractivity contribution < 1.29 is 18.8 Å². The number of rotatable bonds is 3. The van der Waals surface area contributed by atoms with Gasteiger partial charge in [0.25, 0.3) is 0 Å². The zero-order valence-electron chi connectivity index (χ0n) is 13.4. The summed E-state index contributed by atoms with van der Waals surface area (Å²) in [5.41, 5.74) is 0.656. The third kappa shape index (κ3) is 2.65. The Morgan fingerprint density at radius 1 is 1.05 bits per heavy atom. The van der Waals surface area contributed by atoms with E-state index in [2.05, 4.69) is 40.7 Å². The minimum atomic E-state index is -0.277. The average molecular weight is 290 g/mol. The van der Waals surface area contributed by atoms with Crippen molar-refractivity contribution in [2.75, 3.05) is 6.79 Å². The van der Waals surface area contributed by atoms with Gasteiger partial charge in [-0.05, 0) is 57.6 Å². The van der Waals surface area contributed by atoms with Crippen molar-refractivity contribution in [1.29, 1.82) is 0 Å². The maximum Gasteiger partial charge on any atom is 0.461 e. The van der Waals surface area contributed by atoms with E-state index < -0.39 is 0 Å². The largest absolute Gasteiger partial charge is 0.461 e. The minimum absolute atomic E-state index is 0.180. The van der Waals surface area contributed by atoms with Crippen LogP contribution in [0.4, 0.5) is 0 Å². The maximum absolute atomic E-state index is 6.11. The van der Waals surface area contributed by atoms with Crippen LogP contribution in [0, 0.1) is 0 Å². The van der Waals surface area contributed by atoms with Crippen molar-refractivity contribution in [2.24, 2.45) is 0 Å². The summed E-state index contributed by atoms with van der Waals surface area (Å²) >= 11 is 0. The van der Waals surface area contributed by atoms with Gasteiger partial charge in [0.1, 0.15) is 0 Å². The number of fused-ring (bicyclic) bond motifs is 1. The fourth-order valence-electron chi connectivity index (χ4n) is 2.66. The normalized spacial score (nSPS) is 23.4. The van der Waals surface area contributed by atoms with Gasteiger partial charge >= 0.3 is 7.12 Å². The van der Waals surface area contributed by atoms with Crippen molar-refractivity contribution in [3.05, 3.63) is 23.8 Å². The van der Waals surface area contributed by atoms with Crippen molar-refractivity contribution in [3.63, 3.8) is 0 Å². The van der Waals surface area contributed by atoms with E-state index in [0.29, 0.717) is 6.79 Å². The SMILES string of the molecule is C[C@@H](Cc1ccc2c(c1)OCO2)B1OC(C)(C)C(C)(C)O1. The molecular formula is C16H23BO4. The fourth-order valence-corrected chi connectivity index (χ4v) is 2.66. The highest BCUT2D eigenvalue weighted by Gasteiger charge is 2.52. The van der Waals surface area contributed by atoms with Crippen molar-refractivity contribution in [1.82, 2.24) is 0 Å². The summed E-state index contributed by atoms with van der Waals surface area (Å²) in [6.45, 7) is 10.8. The molecule has 0 radical (unpaired) electrons. The van der Waals surface area contributed by atoms with Gasteiger partial charge in [-0.15, -0.1) is 0 Å². The molecule has 2 heterocycles. The van der Waals surface area contributed by atoms with Crippen molar-refractivity contribution in [3.8, 4) is 11.5 Å². The molecule has 0 aliphatic carbocycles. The Labute approximate surface area is 126 Å². The van der Waals surface area contributed by atoms with Crippen LogP contribution in [-0.2, 0) is 15.7 Å². The number of hydrogen-bond donors (Lipinski definition) is 0. The summed E-state index contributed by atoms with van der Waals surface area (Å²) in [7, 11) is -0.180. The second-order valence-corrected chi connectivity index (χ2v) is 6.99. The molecule has 0 unspecified atom stereocenters. The molecule has 0 amide bonds. The van der Waals surface area contributed by atoms with Crippen LogP contribution in [0.1, 0.15) is 40.2 Å². The molecule has 0 aromatic heterocycles. The van der Waals surface area contributed by atoms with E-state index >= 15 is 0 Å². The first kappa shape index (κ1) is 14.7. The number of benzene rings is 1. The van der Waals surface area contributed by atoms with Crippen LogP contribution in [0.15, 0.2) is 18.2 Å². The zero-order valence-corrected chi connectivity index (χ0v) is 13.4. The van der Waals surface area contributed by atoms with Gasteiger partial charge < -0.3 is 18.8 Å². The van der Waals surface area contributed by atoms with Gasteiger partial charge in [-0.1, -0.05) is 13.0 Å². The molecule has 21 heavy (non-hydrogen) atoms. The van der Waals surface area contributed by atoms with Crippen molar-refractivity contribution in [2.45, 2.75) is 58.1 Å². The Kier molecular flexibility index (Phi) is 3.45. The molecule has 1 atom stereocenters. The molecule has 0 saturated carbocycles. The van der Waals surface area contributed by atoms with Crippen LogP contribution in [-0.4, -0.2) is 25.1 Å². The molecule has 1 fully saturated rings. The molecule has 0 spiro atoms. The first-order valence-electron chi connectivity index (χ1n) is 7.53. The molecule has 0 N–H and O–H groups in total. The van der Waals surface area contributed by atoms with Gasteiger partial charge in [0, 0.05) is 0 Å². The van der Waals surface area contributed by atoms with Crippen LogP contribution in [0.25, 0.3) is 0 Å². The van der Waals surface area contributed by atoms with Crippen molar-refractivity contribution >= 4 is 7.12 Å². The zero-order chi connectivity index (χ0) is 15.3. The molecule has 114 valence electrons. The Bertz CT molecular complexity index is 525. The third-order valence-corrected chi connectivity index (χ3v) is 4.73. The molecule has 0 bridgehead atoms. The lowest BCUT2D eigenvalue weighted by Crippen LogP contribution is -2.41. The molecule has 3 rings (SSSR count). The van der Waals surface area contributed by atoms with Crippen LogP contribution >= 0.6 is 0 Å². The highest BCUT2D eigenvalue weighted by molar-refractivity contribution is 6.47. The van der Waals surface area contributed by atoms with E-state index in [4.69, 9.17) is 18.8 Å². The summed E-state index contributed by atoms with van der Waals surface area (Å²) in [6.07, 6.45) is 0.882. The minimum Gasteiger partial charge on any atom is -0.454 e. The lowest BCUT2D eigenvalue weighted by Gasteiger charge is -2.32. The quantitative estimate of drug-likeness (QED) is 0.799. The van der Waals surface area contributed by atoms with Crippen LogP contribution in [0.5, 0.6) is 11.5 Å². The molecule has 1 aromatic carbocycles. The molecule has 2 aliphatic rings. The summed E-state index contributed by atoms with van der Waals surface area (Å²) in [5.74, 6) is 1.92. The smallest absolute Gasteiger partial charge is 0.454 e. The standard InChI is InChI=1S/C16H23BO4/c1-11(17-20-15(2,3)16(4,5)21-17)8-12-6-7-13-14(9-12)19-10-18-13/h6-7,9,11H,8,10H2,1-5H3/t11-/m0/s1. The average Bonchev–Trinajstić information content (AvgIpc) is 2.91. The Morgan fingerprint density at radius 2 is 1.67 bits per heavy atom. The molecule has 1 aromatic rings. The van der Waals surface area contributed by atoms with Gasteiger partial charge in [0.05, 0.1) is 11.2 Å². The van der Waals surface area contributed by atoms with Crippen LogP contribution in [0.2, 0.25) is 5.82 Å². The second kappa shape index (κ2) is 4.92. The van der Waals surface area contributed by atoms with E-state index in [0.717, 1.165) is 17.9 Å². The van der Waals surface area contributed by atoms with E-state index in [9.17, 15) is 0 Å². The molecule has 5 heteroatoms. The third-order valence-electron chi connectivity index (χ3n) is 4.73. The first-order chi connectivity index (χ1) is 9.78. The second-order valence-electron chi connectivity index (χ2n) is 6.99. The topological polar surface area (TPSA) is 36.9 Å². The van der Waals surface area contributed by atoms with Gasteiger partial charge in [-0.25, -0.2) is 0 Å². The highest BCUT2D eigenvalue weighted by Crippen LogP contribution is 2.41. The molecule has 1 saturated heterocycles. The number of hydrogen-bond acceptors (Lipinski definition) is 4. The highest BCUT2D eigenvalue weighted by atomic mass is 16.7. The Hall–Kier alpha value is -1.20.